The Morgan fingerprint density at radius 3 is 2.09 bits per heavy atom. The number of nitrogens with one attached hydrogen (secondary N) is 1. The van der Waals surface area contributed by atoms with Crippen LogP contribution in [-0.2, 0) is 4.79 Å². The summed E-state index contributed by atoms with van der Waals surface area (Å²) in [6.45, 7) is 0.875. The first kappa shape index (κ1) is 29.9. The van der Waals surface area contributed by atoms with E-state index < -0.39 is 24.2 Å². The molecule has 4 aromatic carbocycles. The molecule has 45 heavy (non-hydrogen) atoms. The highest BCUT2D eigenvalue weighted by Gasteiger charge is 2.41. The van der Waals surface area contributed by atoms with E-state index in [4.69, 9.17) is 0 Å². The third-order valence-electron chi connectivity index (χ3n) is 8.36. The van der Waals surface area contributed by atoms with E-state index in [-0.39, 0.29) is 29.2 Å². The maximum Gasteiger partial charge on any atom is 0.275 e. The molecule has 0 spiro atoms. The van der Waals surface area contributed by atoms with Crippen LogP contribution in [0, 0.1) is 0 Å². The fourth-order valence-electron chi connectivity index (χ4n) is 5.97. The number of anilines is 2. The summed E-state index contributed by atoms with van der Waals surface area (Å²) in [7, 11) is 0. The summed E-state index contributed by atoms with van der Waals surface area (Å²) in [6.07, 6.45) is 3.17. The van der Waals surface area contributed by atoms with Crippen LogP contribution < -0.4 is 10.2 Å². The molecule has 0 atom stereocenters. The van der Waals surface area contributed by atoms with Crippen molar-refractivity contribution in [1.82, 2.24) is 4.90 Å². The van der Waals surface area contributed by atoms with E-state index in [2.05, 4.69) is 5.32 Å². The molecule has 2 aliphatic heterocycles. The Labute approximate surface area is 261 Å². The maximum absolute atomic E-state index is 15.6. The number of benzene rings is 4. The molecule has 0 bridgehead atoms. The molecule has 0 saturated carbocycles. The Morgan fingerprint density at radius 2 is 1.36 bits per heavy atom. The van der Waals surface area contributed by atoms with Crippen molar-refractivity contribution in [3.8, 4) is 11.1 Å². The van der Waals surface area contributed by atoms with Gasteiger partial charge in [0.25, 0.3) is 17.7 Å². The van der Waals surface area contributed by atoms with E-state index in [1.807, 2.05) is 42.5 Å². The highest BCUT2D eigenvalue weighted by atomic mass is 19.3. The van der Waals surface area contributed by atoms with Gasteiger partial charge in [0, 0.05) is 60.1 Å². The SMILES string of the molecule is O=C(Nc1ccc(C(=O)N2CCC(F)(F)/C(=C\C(=O)N3CCCCC3)c3ccccc32)cc1)c1ccccc1-c1ccccc1. The van der Waals surface area contributed by atoms with E-state index in [0.717, 1.165) is 36.5 Å². The molecule has 6 rings (SSSR count). The van der Waals surface area contributed by atoms with Gasteiger partial charge < -0.3 is 15.1 Å². The van der Waals surface area contributed by atoms with Crippen LogP contribution >= 0.6 is 0 Å². The zero-order chi connectivity index (χ0) is 31.4. The Hall–Kier alpha value is -5.11. The normalized spacial score (nSPS) is 16.9. The monoisotopic (exact) mass is 605 g/mol. The molecule has 4 aromatic rings. The van der Waals surface area contributed by atoms with E-state index in [0.29, 0.717) is 30.0 Å². The summed E-state index contributed by atoms with van der Waals surface area (Å²) < 4.78 is 31.2. The number of allylic oxidation sites excluding steroid dienone is 1. The van der Waals surface area contributed by atoms with Crippen LogP contribution in [0.2, 0.25) is 0 Å². The molecule has 3 amide bonds. The van der Waals surface area contributed by atoms with E-state index in [1.54, 1.807) is 59.5 Å². The number of carbonyl (C=O) groups is 3. The number of fused-ring (bicyclic) bond motifs is 1. The number of halogens is 2. The molecule has 0 aromatic heterocycles. The number of likely N-dealkylation sites (tertiary alicyclic amines) is 1. The largest absolute Gasteiger partial charge is 0.339 e. The molecular weight excluding hydrogens is 572 g/mol. The van der Waals surface area contributed by atoms with Crippen molar-refractivity contribution in [2.75, 3.05) is 29.9 Å². The molecule has 6 nitrogen and oxygen atoms in total. The molecule has 0 unspecified atom stereocenters. The van der Waals surface area contributed by atoms with Gasteiger partial charge in [-0.2, -0.15) is 0 Å². The van der Waals surface area contributed by atoms with Gasteiger partial charge in [-0.05, 0) is 66.8 Å². The Morgan fingerprint density at radius 1 is 0.711 bits per heavy atom. The molecule has 1 fully saturated rings. The molecule has 1 N–H and O–H groups in total. The van der Waals surface area contributed by atoms with Gasteiger partial charge in [-0.3, -0.25) is 14.4 Å². The average Bonchev–Trinajstić information content (AvgIpc) is 3.19. The first-order chi connectivity index (χ1) is 21.8. The van der Waals surface area contributed by atoms with E-state index in [9.17, 15) is 14.4 Å². The smallest absolute Gasteiger partial charge is 0.275 e. The second-order valence-electron chi connectivity index (χ2n) is 11.3. The van der Waals surface area contributed by atoms with Crippen LogP contribution in [0.25, 0.3) is 16.7 Å². The van der Waals surface area contributed by atoms with Gasteiger partial charge in [0.15, 0.2) is 0 Å². The lowest BCUT2D eigenvalue weighted by atomic mass is 9.96. The first-order valence-corrected chi connectivity index (χ1v) is 15.2. The van der Waals surface area contributed by atoms with Crippen LogP contribution in [-0.4, -0.2) is 48.2 Å². The number of alkyl halides is 2. The quantitative estimate of drug-likeness (QED) is 0.237. The topological polar surface area (TPSA) is 69.7 Å². The Bertz CT molecular complexity index is 1750. The zero-order valence-corrected chi connectivity index (χ0v) is 24.7. The number of nitrogens with zero attached hydrogens (tertiary/aromatic N) is 2. The fourth-order valence-corrected chi connectivity index (χ4v) is 5.97. The van der Waals surface area contributed by atoms with Crippen LogP contribution in [0.15, 0.2) is 109 Å². The van der Waals surface area contributed by atoms with Gasteiger partial charge in [-0.25, -0.2) is 8.78 Å². The minimum Gasteiger partial charge on any atom is -0.339 e. The molecule has 1 saturated heterocycles. The third kappa shape index (κ3) is 6.41. The van der Waals surface area contributed by atoms with Gasteiger partial charge >= 0.3 is 0 Å². The summed E-state index contributed by atoms with van der Waals surface area (Å²) in [5, 5.41) is 2.90. The lowest BCUT2D eigenvalue weighted by molar-refractivity contribution is -0.126. The first-order valence-electron chi connectivity index (χ1n) is 15.2. The molecule has 2 heterocycles. The van der Waals surface area contributed by atoms with Gasteiger partial charge in [-0.1, -0.05) is 66.7 Å². The lowest BCUT2D eigenvalue weighted by Gasteiger charge is -2.26. The van der Waals surface area contributed by atoms with Crippen LogP contribution in [0.3, 0.4) is 0 Å². The standard InChI is InChI=1S/C37H33F2N3O3/c38-37(39)21-24-42(33-16-8-7-15-31(33)32(37)25-34(43)41-22-9-2-10-23-41)36(45)27-17-19-28(20-18-27)40-35(44)30-14-6-5-13-29(30)26-11-3-1-4-12-26/h1,3-8,11-20,25H,2,9-10,21-24H2,(H,40,44)/b32-25-. The predicted octanol–water partition coefficient (Wildman–Crippen LogP) is 7.69. The third-order valence-corrected chi connectivity index (χ3v) is 8.36. The summed E-state index contributed by atoms with van der Waals surface area (Å²) in [4.78, 5) is 43.0. The molecule has 0 radical (unpaired) electrons. The number of piperidine rings is 1. The van der Waals surface area contributed by atoms with Crippen molar-refractivity contribution in [2.45, 2.75) is 31.6 Å². The number of hydrogen-bond acceptors (Lipinski definition) is 3. The van der Waals surface area contributed by atoms with Crippen molar-refractivity contribution in [3.05, 3.63) is 126 Å². The van der Waals surface area contributed by atoms with Crippen molar-refractivity contribution in [1.29, 1.82) is 0 Å². The molecular formula is C37H33F2N3O3. The summed E-state index contributed by atoms with van der Waals surface area (Å²) >= 11 is 0. The van der Waals surface area contributed by atoms with Crippen molar-refractivity contribution in [3.63, 3.8) is 0 Å². The van der Waals surface area contributed by atoms with Gasteiger partial charge in [0.2, 0.25) is 5.91 Å². The number of hydrogen-bond donors (Lipinski definition) is 1. The molecule has 228 valence electrons. The van der Waals surface area contributed by atoms with Crippen LogP contribution in [0.4, 0.5) is 20.2 Å². The predicted molar refractivity (Wildman–Crippen MR) is 172 cm³/mol. The van der Waals surface area contributed by atoms with E-state index in [1.165, 1.54) is 11.0 Å². The molecule has 0 aliphatic carbocycles. The fraction of sp³-hybridized carbons (Fsp3) is 0.216. The minimum absolute atomic E-state index is 0.166. The van der Waals surface area contributed by atoms with E-state index >= 15 is 8.78 Å². The van der Waals surface area contributed by atoms with Crippen LogP contribution in [0.1, 0.15) is 52.0 Å². The summed E-state index contributed by atoms with van der Waals surface area (Å²) in [5.41, 5.74) is 3.13. The summed E-state index contributed by atoms with van der Waals surface area (Å²) in [5.74, 6) is -4.48. The summed E-state index contributed by atoms with van der Waals surface area (Å²) in [6, 6.07) is 29.8. The van der Waals surface area contributed by atoms with Crippen molar-refractivity contribution in [2.24, 2.45) is 0 Å². The van der Waals surface area contributed by atoms with Crippen LogP contribution in [0.5, 0.6) is 0 Å². The Balaban J connectivity index is 1.23. The Kier molecular flexibility index (Phi) is 8.56. The number of para-hydroxylation sites is 1. The van der Waals surface area contributed by atoms with Gasteiger partial charge in [0.05, 0.1) is 5.69 Å². The lowest BCUT2D eigenvalue weighted by Crippen LogP contribution is -2.35. The number of carbonyl (C=O) groups excluding carboxylic acids is 3. The molecule has 8 heteroatoms. The minimum atomic E-state index is -3.30. The number of rotatable bonds is 5. The highest BCUT2D eigenvalue weighted by molar-refractivity contribution is 6.11. The second kappa shape index (κ2) is 12.9. The zero-order valence-electron chi connectivity index (χ0n) is 24.7. The van der Waals surface area contributed by atoms with Gasteiger partial charge in [-0.15, -0.1) is 0 Å². The van der Waals surface area contributed by atoms with Crippen molar-refractivity contribution < 1.29 is 23.2 Å². The number of amides is 3. The second-order valence-corrected chi connectivity index (χ2v) is 11.3. The van der Waals surface area contributed by atoms with Crippen molar-refractivity contribution >= 4 is 34.7 Å². The highest BCUT2D eigenvalue weighted by Crippen LogP contribution is 2.43. The maximum atomic E-state index is 15.6. The molecule has 2 aliphatic rings. The average molecular weight is 606 g/mol. The van der Waals surface area contributed by atoms with Gasteiger partial charge in [0.1, 0.15) is 0 Å².